The molecule has 3 rings (SSSR count). The molecular weight excluding hydrogens is 447 g/mol. The molecule has 0 saturated carbocycles. The van der Waals surface area contributed by atoms with Crippen LogP contribution >= 0.6 is 12.2 Å². The molecule has 0 radical (unpaired) electrons. The maximum Gasteiger partial charge on any atom is 0.414 e. The van der Waals surface area contributed by atoms with Gasteiger partial charge in [0.15, 0.2) is 9.84 Å². The van der Waals surface area contributed by atoms with Crippen molar-refractivity contribution in [2.75, 3.05) is 61.1 Å². The Bertz CT molecular complexity index is 980. The van der Waals surface area contributed by atoms with Gasteiger partial charge in [0.05, 0.1) is 29.5 Å². The van der Waals surface area contributed by atoms with Crippen molar-refractivity contribution in [1.29, 1.82) is 0 Å². The van der Waals surface area contributed by atoms with Gasteiger partial charge in [0, 0.05) is 32.4 Å². The molecule has 31 heavy (non-hydrogen) atoms. The molecule has 9 nitrogen and oxygen atoms in total. The van der Waals surface area contributed by atoms with E-state index in [2.05, 4.69) is 5.32 Å². The van der Waals surface area contributed by atoms with Gasteiger partial charge >= 0.3 is 6.09 Å². The van der Waals surface area contributed by atoms with Gasteiger partial charge in [-0.1, -0.05) is 12.2 Å². The number of sulfone groups is 1. The van der Waals surface area contributed by atoms with Gasteiger partial charge in [-0.15, -0.1) is 0 Å². The summed E-state index contributed by atoms with van der Waals surface area (Å²) in [6.45, 7) is 3.78. The summed E-state index contributed by atoms with van der Waals surface area (Å²) in [7, 11) is -3.39. The number of carbonyl (C=O) groups is 2. The lowest BCUT2D eigenvalue weighted by molar-refractivity contribution is -0.128. The van der Waals surface area contributed by atoms with Gasteiger partial charge in [-0.05, 0) is 25.1 Å². The Labute approximate surface area is 186 Å². The number of cyclic esters (lactones) is 1. The molecule has 0 spiro atoms. The van der Waals surface area contributed by atoms with Crippen molar-refractivity contribution in [2.24, 2.45) is 0 Å². The number of thiocarbonyl (C=S) groups is 1. The van der Waals surface area contributed by atoms with Crippen LogP contribution in [0.15, 0.2) is 18.2 Å². The number of carbonyl (C=O) groups excluding carboxylic acids is 2. The van der Waals surface area contributed by atoms with Gasteiger partial charge in [0.25, 0.3) is 0 Å². The number of hydrogen-bond donors (Lipinski definition) is 1. The second kappa shape index (κ2) is 9.35. The quantitative estimate of drug-likeness (QED) is 0.607. The van der Waals surface area contributed by atoms with Crippen LogP contribution in [0.25, 0.3) is 0 Å². The highest BCUT2D eigenvalue weighted by Crippen LogP contribution is 2.28. The standard InChI is InChI=1S/C19H25FN4O5S2/c1-13(30)21-10-15-11-24(19(26)29-15)14-3-4-17(16(20)9-14)22-5-7-23(8-6-22)18(25)12-31(2,27)28/h3-4,9,15H,5-8,10-12H2,1-2H3,(H,21,30). The molecule has 2 heterocycles. The molecule has 2 aliphatic heterocycles. The summed E-state index contributed by atoms with van der Waals surface area (Å²) >= 11 is 4.95. The van der Waals surface area contributed by atoms with Crippen molar-refractivity contribution in [1.82, 2.24) is 10.2 Å². The van der Waals surface area contributed by atoms with Gasteiger partial charge < -0.3 is 19.9 Å². The number of hydrogen-bond acceptors (Lipinski definition) is 7. The number of amides is 2. The Morgan fingerprint density at radius 2 is 1.97 bits per heavy atom. The average Bonchev–Trinajstić information content (AvgIpc) is 3.06. The van der Waals surface area contributed by atoms with Crippen LogP contribution in [0.4, 0.5) is 20.6 Å². The van der Waals surface area contributed by atoms with Crippen molar-refractivity contribution in [3.8, 4) is 0 Å². The zero-order valence-electron chi connectivity index (χ0n) is 17.3. The summed E-state index contributed by atoms with van der Waals surface area (Å²) in [6, 6.07) is 4.54. The van der Waals surface area contributed by atoms with Gasteiger partial charge in [-0.2, -0.15) is 0 Å². The number of nitrogens with one attached hydrogen (secondary N) is 1. The lowest BCUT2D eigenvalue weighted by Crippen LogP contribution is -2.50. The van der Waals surface area contributed by atoms with Crippen LogP contribution in [0.2, 0.25) is 0 Å². The number of benzene rings is 1. The largest absolute Gasteiger partial charge is 0.442 e. The van der Waals surface area contributed by atoms with Gasteiger partial charge in [0.1, 0.15) is 17.7 Å². The Kier molecular flexibility index (Phi) is 6.99. The van der Waals surface area contributed by atoms with Gasteiger partial charge in [-0.3, -0.25) is 9.69 Å². The van der Waals surface area contributed by atoms with Crippen LogP contribution in [0.3, 0.4) is 0 Å². The summed E-state index contributed by atoms with van der Waals surface area (Å²) in [5.74, 6) is -1.46. The minimum absolute atomic E-state index is 0.286. The summed E-state index contributed by atoms with van der Waals surface area (Å²) < 4.78 is 42.7. The number of piperazine rings is 1. The van der Waals surface area contributed by atoms with Crippen molar-refractivity contribution in [3.63, 3.8) is 0 Å². The highest BCUT2D eigenvalue weighted by Gasteiger charge is 2.33. The molecule has 1 atom stereocenters. The fourth-order valence-electron chi connectivity index (χ4n) is 3.53. The molecular formula is C19H25FN4O5S2. The lowest BCUT2D eigenvalue weighted by Gasteiger charge is -2.36. The smallest absolute Gasteiger partial charge is 0.414 e. The minimum atomic E-state index is -3.39. The zero-order valence-corrected chi connectivity index (χ0v) is 19.0. The molecule has 1 aromatic rings. The molecule has 0 bridgehead atoms. The Balaban J connectivity index is 1.61. The monoisotopic (exact) mass is 472 g/mol. The third-order valence-corrected chi connectivity index (χ3v) is 5.97. The van der Waals surface area contributed by atoms with E-state index in [0.29, 0.717) is 49.1 Å². The molecule has 2 saturated heterocycles. The van der Waals surface area contributed by atoms with Crippen LogP contribution in [0.5, 0.6) is 0 Å². The maximum absolute atomic E-state index is 14.8. The summed E-state index contributed by atoms with van der Waals surface area (Å²) in [6.07, 6.45) is 0.0932. The Hall–Kier alpha value is -2.47. The summed E-state index contributed by atoms with van der Waals surface area (Å²) in [5, 5.41) is 2.95. The van der Waals surface area contributed by atoms with Crippen LogP contribution in [-0.2, 0) is 19.4 Å². The molecule has 0 aliphatic carbocycles. The molecule has 1 aromatic carbocycles. The Morgan fingerprint density at radius 1 is 1.29 bits per heavy atom. The van der Waals surface area contributed by atoms with E-state index in [1.807, 2.05) is 0 Å². The lowest BCUT2D eigenvalue weighted by atomic mass is 10.2. The number of rotatable bonds is 6. The van der Waals surface area contributed by atoms with Crippen LogP contribution in [-0.4, -0.2) is 87.7 Å². The molecule has 1 unspecified atom stereocenters. The third-order valence-electron chi connectivity index (χ3n) is 5.05. The normalized spacial score (nSPS) is 19.4. The van der Waals surface area contributed by atoms with E-state index in [-0.39, 0.29) is 12.6 Å². The summed E-state index contributed by atoms with van der Waals surface area (Å²) in [4.78, 5) is 29.4. The van der Waals surface area contributed by atoms with E-state index < -0.39 is 33.4 Å². The second-order valence-electron chi connectivity index (χ2n) is 7.63. The molecule has 1 N–H and O–H groups in total. The van der Waals surface area contributed by atoms with Gasteiger partial charge in [0.2, 0.25) is 5.91 Å². The number of anilines is 2. The van der Waals surface area contributed by atoms with Crippen molar-refractivity contribution < 1.29 is 27.1 Å². The van der Waals surface area contributed by atoms with E-state index in [1.54, 1.807) is 24.0 Å². The van der Waals surface area contributed by atoms with Crippen LogP contribution < -0.4 is 15.1 Å². The second-order valence-corrected chi connectivity index (χ2v) is 10.4. The first-order valence-corrected chi connectivity index (χ1v) is 12.2. The van der Waals surface area contributed by atoms with E-state index >= 15 is 0 Å². The van der Waals surface area contributed by atoms with E-state index in [4.69, 9.17) is 17.0 Å². The Morgan fingerprint density at radius 3 is 2.55 bits per heavy atom. The molecule has 2 aliphatic rings. The number of halogens is 1. The van der Waals surface area contributed by atoms with Crippen LogP contribution in [0.1, 0.15) is 6.92 Å². The highest BCUT2D eigenvalue weighted by atomic mass is 32.2. The molecule has 2 fully saturated rings. The van der Waals surface area contributed by atoms with Crippen LogP contribution in [0, 0.1) is 5.82 Å². The molecule has 170 valence electrons. The maximum atomic E-state index is 14.8. The van der Waals surface area contributed by atoms with Crippen molar-refractivity contribution in [2.45, 2.75) is 13.0 Å². The third kappa shape index (κ3) is 6.03. The first-order chi connectivity index (χ1) is 14.5. The van der Waals surface area contributed by atoms with Gasteiger partial charge in [-0.25, -0.2) is 17.6 Å². The van der Waals surface area contributed by atoms with Crippen molar-refractivity contribution in [3.05, 3.63) is 24.0 Å². The van der Waals surface area contributed by atoms with E-state index in [9.17, 15) is 22.4 Å². The molecule has 2 amide bonds. The summed E-state index contributed by atoms with van der Waals surface area (Å²) in [5.41, 5.74) is 0.760. The minimum Gasteiger partial charge on any atom is -0.442 e. The van der Waals surface area contributed by atoms with Crippen molar-refractivity contribution >= 4 is 50.4 Å². The fourth-order valence-corrected chi connectivity index (χ4v) is 4.24. The first-order valence-electron chi connectivity index (χ1n) is 9.76. The SMILES string of the molecule is CC(=S)NCC1CN(c2ccc(N3CCN(C(=O)CS(C)(=O)=O)CC3)c(F)c2)C(=O)O1. The molecule has 12 heteroatoms. The fraction of sp³-hybridized carbons (Fsp3) is 0.526. The van der Waals surface area contributed by atoms with E-state index in [0.717, 1.165) is 6.26 Å². The van der Waals surface area contributed by atoms with E-state index in [1.165, 1.54) is 15.9 Å². The zero-order chi connectivity index (χ0) is 22.8. The average molecular weight is 473 g/mol. The predicted molar refractivity (Wildman–Crippen MR) is 119 cm³/mol. The first kappa shape index (κ1) is 23.2. The predicted octanol–water partition coefficient (Wildman–Crippen LogP) is 0.781. The number of ether oxygens (including phenoxy) is 1. The highest BCUT2D eigenvalue weighted by molar-refractivity contribution is 7.91. The molecule has 0 aromatic heterocycles. The topological polar surface area (TPSA) is 99.3 Å². The number of nitrogens with zero attached hydrogens (tertiary/aromatic N) is 3.